The molecule has 1 heteroatoms. The van der Waals surface area contributed by atoms with E-state index in [4.69, 9.17) is 0 Å². The van der Waals surface area contributed by atoms with Gasteiger partial charge in [0.05, 0.1) is 0 Å². The van der Waals surface area contributed by atoms with E-state index in [1.807, 2.05) is 0 Å². The zero-order valence-electron chi connectivity index (χ0n) is 28.5. The second-order valence-corrected chi connectivity index (χ2v) is 15.3. The van der Waals surface area contributed by atoms with Crippen LogP contribution in [0.3, 0.4) is 0 Å². The summed E-state index contributed by atoms with van der Waals surface area (Å²) in [6.45, 7) is 13.0. The zero-order chi connectivity index (χ0) is 28.4. The number of hydrogen-bond donors (Lipinski definition) is 0. The van der Waals surface area contributed by atoms with Crippen molar-refractivity contribution in [3.05, 3.63) is 13.8 Å². The van der Waals surface area contributed by atoms with Crippen molar-refractivity contribution in [2.45, 2.75) is 194 Å². The van der Waals surface area contributed by atoms with E-state index in [0.29, 0.717) is 0 Å². The molecule has 0 spiro atoms. The summed E-state index contributed by atoms with van der Waals surface area (Å²) in [5, 5.41) is 0. The molecule has 0 bridgehead atoms. The SMILES string of the molecule is [CH2-]CCC(CC(CCCC)C1CCCC1)C1CCCC1.[CH2-]CCC(CC(CCCC)C1CCCC1)C1CCCC1.[Zn+2]. The fourth-order valence-corrected chi connectivity index (χ4v) is 10.1. The van der Waals surface area contributed by atoms with Crippen LogP contribution in [0.2, 0.25) is 0 Å². The summed E-state index contributed by atoms with van der Waals surface area (Å²) in [4.78, 5) is 0. The molecule has 0 aromatic rings. The van der Waals surface area contributed by atoms with Crippen molar-refractivity contribution in [2.75, 3.05) is 0 Å². The van der Waals surface area contributed by atoms with Crippen LogP contribution >= 0.6 is 0 Å². The van der Waals surface area contributed by atoms with E-state index < -0.39 is 0 Å². The van der Waals surface area contributed by atoms with Gasteiger partial charge in [-0.05, 0) is 60.2 Å². The first-order valence-electron chi connectivity index (χ1n) is 19.3. The van der Waals surface area contributed by atoms with Gasteiger partial charge >= 0.3 is 19.5 Å². The average Bonchev–Trinajstić information content (AvgIpc) is 3.80. The Morgan fingerprint density at radius 2 is 0.683 bits per heavy atom. The van der Waals surface area contributed by atoms with Crippen molar-refractivity contribution in [3.63, 3.8) is 0 Å². The van der Waals surface area contributed by atoms with E-state index in [1.54, 1.807) is 12.8 Å². The Morgan fingerprint density at radius 1 is 0.439 bits per heavy atom. The first kappa shape index (κ1) is 37.8. The smallest absolute Gasteiger partial charge is 0.343 e. The summed E-state index contributed by atoms with van der Waals surface area (Å²) in [5.41, 5.74) is 0. The minimum absolute atomic E-state index is 0. The van der Waals surface area contributed by atoms with Gasteiger partial charge in [0, 0.05) is 0 Å². The Labute approximate surface area is 273 Å². The van der Waals surface area contributed by atoms with Crippen LogP contribution in [0.4, 0.5) is 0 Å². The van der Waals surface area contributed by atoms with Crippen molar-refractivity contribution in [1.82, 2.24) is 0 Å². The maximum atomic E-state index is 4.16. The Hall–Kier alpha value is 0.623. The van der Waals surface area contributed by atoms with E-state index in [0.717, 1.165) is 60.2 Å². The first-order valence-corrected chi connectivity index (χ1v) is 19.3. The molecule has 4 atom stereocenters. The van der Waals surface area contributed by atoms with Crippen LogP contribution in [0.5, 0.6) is 0 Å². The summed E-state index contributed by atoms with van der Waals surface area (Å²) in [6, 6.07) is 0. The number of rotatable bonds is 18. The normalized spacial score (nSPS) is 23.7. The summed E-state index contributed by atoms with van der Waals surface area (Å²) in [5.74, 6) is 8.40. The molecule has 4 aliphatic rings. The average molecular weight is 620 g/mol. The quantitative estimate of drug-likeness (QED) is 0.106. The van der Waals surface area contributed by atoms with Crippen LogP contribution in [0, 0.1) is 61.2 Å². The molecule has 0 nitrogen and oxygen atoms in total. The maximum absolute atomic E-state index is 4.16. The summed E-state index contributed by atoms with van der Waals surface area (Å²) in [6.07, 6.45) is 41.2. The van der Waals surface area contributed by atoms with E-state index in [2.05, 4.69) is 27.7 Å². The number of unbranched alkanes of at least 4 members (excludes halogenated alkanes) is 2. The topological polar surface area (TPSA) is 0 Å². The van der Waals surface area contributed by atoms with Crippen LogP contribution in [-0.4, -0.2) is 0 Å². The van der Waals surface area contributed by atoms with Crippen molar-refractivity contribution in [3.8, 4) is 0 Å². The summed E-state index contributed by atoms with van der Waals surface area (Å²) < 4.78 is 0. The predicted molar refractivity (Wildman–Crippen MR) is 179 cm³/mol. The predicted octanol–water partition coefficient (Wildman–Crippen LogP) is 13.6. The van der Waals surface area contributed by atoms with E-state index in [1.165, 1.54) is 154 Å². The molecule has 0 radical (unpaired) electrons. The van der Waals surface area contributed by atoms with Gasteiger partial charge in [0.15, 0.2) is 0 Å². The van der Waals surface area contributed by atoms with Crippen LogP contribution in [-0.2, 0) is 19.5 Å². The third-order valence-electron chi connectivity index (χ3n) is 12.5. The number of hydrogen-bond acceptors (Lipinski definition) is 0. The molecule has 4 fully saturated rings. The largest absolute Gasteiger partial charge is 2.00 e. The monoisotopic (exact) mass is 619 g/mol. The zero-order valence-corrected chi connectivity index (χ0v) is 31.5. The Bertz CT molecular complexity index is 524. The van der Waals surface area contributed by atoms with Gasteiger partial charge in [-0.3, -0.25) is 0 Å². The molecular formula is C40H74Zn. The van der Waals surface area contributed by atoms with Crippen LogP contribution in [0.1, 0.15) is 194 Å². The van der Waals surface area contributed by atoms with Gasteiger partial charge in [-0.2, -0.15) is 12.8 Å². The minimum atomic E-state index is 0. The first-order chi connectivity index (χ1) is 19.7. The molecule has 4 saturated carbocycles. The Balaban J connectivity index is 0.000000280. The van der Waals surface area contributed by atoms with Crippen molar-refractivity contribution < 1.29 is 19.5 Å². The fraction of sp³-hybridized carbons (Fsp3) is 0.950. The van der Waals surface area contributed by atoms with E-state index in [9.17, 15) is 0 Å². The van der Waals surface area contributed by atoms with Crippen LogP contribution in [0.25, 0.3) is 0 Å². The second-order valence-electron chi connectivity index (χ2n) is 15.3. The molecule has 0 aromatic heterocycles. The standard InChI is InChI=1S/2C20H37.Zn/c2*1-3-5-11-20(18-14-8-9-15-18)16-19(10-4-2)17-12-6-7-13-17;/h2*17-20H,2-16H2,1H3;/q2*-1;+2. The third-order valence-corrected chi connectivity index (χ3v) is 12.5. The molecule has 0 N–H and O–H groups in total. The summed E-state index contributed by atoms with van der Waals surface area (Å²) in [7, 11) is 0. The Kier molecular flexibility index (Phi) is 21.2. The third kappa shape index (κ3) is 13.7. The van der Waals surface area contributed by atoms with E-state index in [-0.39, 0.29) is 19.5 Å². The molecule has 0 saturated heterocycles. The molecule has 0 amide bonds. The molecule has 0 aliphatic heterocycles. The molecule has 4 unspecified atom stereocenters. The van der Waals surface area contributed by atoms with Crippen molar-refractivity contribution in [2.24, 2.45) is 47.3 Å². The van der Waals surface area contributed by atoms with Crippen molar-refractivity contribution in [1.29, 1.82) is 0 Å². The van der Waals surface area contributed by atoms with Crippen LogP contribution in [0.15, 0.2) is 0 Å². The maximum Gasteiger partial charge on any atom is 2.00 e. The van der Waals surface area contributed by atoms with Gasteiger partial charge in [-0.25, -0.2) is 0 Å². The van der Waals surface area contributed by atoms with Gasteiger partial charge < -0.3 is 13.8 Å². The van der Waals surface area contributed by atoms with Crippen LogP contribution < -0.4 is 0 Å². The fourth-order valence-electron chi connectivity index (χ4n) is 10.1. The summed E-state index contributed by atoms with van der Waals surface area (Å²) >= 11 is 0. The van der Waals surface area contributed by atoms with Crippen molar-refractivity contribution >= 4 is 0 Å². The molecule has 41 heavy (non-hydrogen) atoms. The molecule has 4 rings (SSSR count). The molecule has 0 aromatic carbocycles. The van der Waals surface area contributed by atoms with Gasteiger partial charge in [0.2, 0.25) is 0 Å². The Morgan fingerprint density at radius 3 is 0.902 bits per heavy atom. The molecular weight excluding hydrogens is 546 g/mol. The van der Waals surface area contributed by atoms with Gasteiger partial charge in [0.25, 0.3) is 0 Å². The van der Waals surface area contributed by atoms with Gasteiger partial charge in [-0.15, -0.1) is 0 Å². The molecule has 4 aliphatic carbocycles. The second kappa shape index (κ2) is 23.0. The molecule has 0 heterocycles. The van der Waals surface area contributed by atoms with E-state index >= 15 is 0 Å². The van der Waals surface area contributed by atoms with Gasteiger partial charge in [-0.1, -0.05) is 168 Å². The molecule has 236 valence electrons. The van der Waals surface area contributed by atoms with Gasteiger partial charge in [0.1, 0.15) is 0 Å². The minimum Gasteiger partial charge on any atom is -0.343 e.